The van der Waals surface area contributed by atoms with E-state index in [1.165, 1.54) is 43.3 Å². The lowest BCUT2D eigenvalue weighted by Crippen LogP contribution is -2.16. The number of esters is 1. The third kappa shape index (κ3) is 5.45. The predicted octanol–water partition coefficient (Wildman–Crippen LogP) is 2.23. The maximum absolute atomic E-state index is 14.0. The van der Waals surface area contributed by atoms with Crippen LogP contribution in [0, 0.1) is 5.82 Å². The van der Waals surface area contributed by atoms with Crippen molar-refractivity contribution in [1.29, 1.82) is 0 Å². The standard InChI is InChI=1S/C18H16FNO6S/c1-11(21)20-13-5-8-15(16(19)9-13)17(22)10-26-18(23)12-3-6-14(7-4-12)27(2,24)25/h3-9H,10H2,1-2H3,(H,20,21). The molecule has 0 bridgehead atoms. The van der Waals surface area contributed by atoms with Crippen molar-refractivity contribution in [1.82, 2.24) is 0 Å². The number of amides is 1. The van der Waals surface area contributed by atoms with Crippen molar-refractivity contribution in [3.05, 3.63) is 59.4 Å². The van der Waals surface area contributed by atoms with Gasteiger partial charge in [0.1, 0.15) is 5.82 Å². The van der Waals surface area contributed by atoms with E-state index in [9.17, 15) is 27.2 Å². The molecule has 0 spiro atoms. The zero-order valence-corrected chi connectivity index (χ0v) is 15.3. The van der Waals surface area contributed by atoms with Crippen LogP contribution in [0.2, 0.25) is 0 Å². The number of carbonyl (C=O) groups excluding carboxylic acids is 3. The highest BCUT2D eigenvalue weighted by atomic mass is 32.2. The molecule has 0 saturated heterocycles. The number of carbonyl (C=O) groups is 3. The maximum atomic E-state index is 14.0. The summed E-state index contributed by atoms with van der Waals surface area (Å²) in [5.41, 5.74) is -0.0412. The van der Waals surface area contributed by atoms with Gasteiger partial charge in [-0.05, 0) is 42.5 Å². The lowest BCUT2D eigenvalue weighted by Gasteiger charge is -2.07. The second-order valence-corrected chi connectivity index (χ2v) is 7.69. The average molecular weight is 393 g/mol. The number of hydrogen-bond donors (Lipinski definition) is 1. The van der Waals surface area contributed by atoms with Crippen LogP contribution in [-0.2, 0) is 19.4 Å². The van der Waals surface area contributed by atoms with E-state index in [1.807, 2.05) is 0 Å². The largest absolute Gasteiger partial charge is 0.454 e. The van der Waals surface area contributed by atoms with Crippen molar-refractivity contribution in [3.63, 3.8) is 0 Å². The summed E-state index contributed by atoms with van der Waals surface area (Å²) in [6.07, 6.45) is 1.03. The summed E-state index contributed by atoms with van der Waals surface area (Å²) in [6.45, 7) is 0.571. The Morgan fingerprint density at radius 2 is 1.70 bits per heavy atom. The minimum Gasteiger partial charge on any atom is -0.454 e. The van der Waals surface area contributed by atoms with Crippen molar-refractivity contribution < 1.29 is 31.9 Å². The average Bonchev–Trinajstić information content (AvgIpc) is 2.58. The molecule has 1 N–H and O–H groups in total. The van der Waals surface area contributed by atoms with Gasteiger partial charge in [0.2, 0.25) is 11.7 Å². The maximum Gasteiger partial charge on any atom is 0.338 e. The molecule has 2 aromatic rings. The van der Waals surface area contributed by atoms with E-state index in [0.717, 1.165) is 12.3 Å². The fourth-order valence-corrected chi connectivity index (χ4v) is 2.78. The van der Waals surface area contributed by atoms with Crippen molar-refractivity contribution in [2.45, 2.75) is 11.8 Å². The molecule has 0 aliphatic heterocycles. The quantitative estimate of drug-likeness (QED) is 0.596. The molecule has 0 fully saturated rings. The van der Waals surface area contributed by atoms with Crippen LogP contribution in [0.1, 0.15) is 27.6 Å². The first-order chi connectivity index (χ1) is 12.6. The zero-order chi connectivity index (χ0) is 20.2. The molecule has 0 radical (unpaired) electrons. The van der Waals surface area contributed by atoms with Gasteiger partial charge in [-0.3, -0.25) is 9.59 Å². The molecule has 0 aromatic heterocycles. The van der Waals surface area contributed by atoms with Crippen molar-refractivity contribution >= 4 is 33.2 Å². The van der Waals surface area contributed by atoms with Crippen LogP contribution < -0.4 is 5.32 Å². The van der Waals surface area contributed by atoms with Gasteiger partial charge in [0, 0.05) is 18.9 Å². The first-order valence-electron chi connectivity index (χ1n) is 7.65. The summed E-state index contributed by atoms with van der Waals surface area (Å²) in [4.78, 5) is 35.0. The van der Waals surface area contributed by atoms with Gasteiger partial charge < -0.3 is 10.1 Å². The number of hydrogen-bond acceptors (Lipinski definition) is 6. The lowest BCUT2D eigenvalue weighted by atomic mass is 10.1. The number of sulfone groups is 1. The minimum absolute atomic E-state index is 0.0384. The number of halogens is 1. The van der Waals surface area contributed by atoms with Crippen LogP contribution in [0.15, 0.2) is 47.4 Å². The first-order valence-corrected chi connectivity index (χ1v) is 9.54. The third-order valence-corrected chi connectivity index (χ3v) is 4.57. The molecule has 0 saturated carbocycles. The predicted molar refractivity (Wildman–Crippen MR) is 94.9 cm³/mol. The number of ether oxygens (including phenoxy) is 1. The Labute approximate surface area is 155 Å². The summed E-state index contributed by atoms with van der Waals surface area (Å²) in [5, 5.41) is 2.38. The molecule has 2 aromatic carbocycles. The van der Waals surface area contributed by atoms with Gasteiger partial charge in [0.15, 0.2) is 16.4 Å². The van der Waals surface area contributed by atoms with Gasteiger partial charge in [-0.15, -0.1) is 0 Å². The molecular formula is C18H16FNO6S. The minimum atomic E-state index is -3.40. The van der Waals surface area contributed by atoms with Crippen LogP contribution in [0.3, 0.4) is 0 Å². The van der Waals surface area contributed by atoms with E-state index in [1.54, 1.807) is 0 Å². The van der Waals surface area contributed by atoms with Gasteiger partial charge >= 0.3 is 5.97 Å². The van der Waals surface area contributed by atoms with E-state index in [-0.39, 0.29) is 27.6 Å². The number of anilines is 1. The van der Waals surface area contributed by atoms with Crippen LogP contribution >= 0.6 is 0 Å². The fraction of sp³-hybridized carbons (Fsp3) is 0.167. The fourth-order valence-electron chi connectivity index (χ4n) is 2.15. The number of rotatable bonds is 6. The Morgan fingerprint density at radius 1 is 1.07 bits per heavy atom. The molecule has 0 heterocycles. The smallest absolute Gasteiger partial charge is 0.338 e. The summed E-state index contributed by atoms with van der Waals surface area (Å²) in [7, 11) is -3.40. The second-order valence-electron chi connectivity index (χ2n) is 5.67. The Balaban J connectivity index is 2.02. The molecule has 0 aliphatic carbocycles. The third-order valence-electron chi connectivity index (χ3n) is 3.44. The van der Waals surface area contributed by atoms with E-state index < -0.39 is 34.0 Å². The summed E-state index contributed by atoms with van der Waals surface area (Å²) >= 11 is 0. The van der Waals surface area contributed by atoms with E-state index in [2.05, 4.69) is 5.32 Å². The van der Waals surface area contributed by atoms with Gasteiger partial charge in [-0.2, -0.15) is 0 Å². The van der Waals surface area contributed by atoms with Gasteiger partial charge in [0.25, 0.3) is 0 Å². The van der Waals surface area contributed by atoms with E-state index in [0.29, 0.717) is 0 Å². The molecule has 0 aliphatic rings. The van der Waals surface area contributed by atoms with Crippen molar-refractivity contribution in [3.8, 4) is 0 Å². The molecule has 27 heavy (non-hydrogen) atoms. The van der Waals surface area contributed by atoms with Crippen LogP contribution in [0.5, 0.6) is 0 Å². The summed E-state index contributed by atoms with van der Waals surface area (Å²) in [5.74, 6) is -2.86. The molecule has 2 rings (SSSR count). The molecule has 0 unspecified atom stereocenters. The molecule has 142 valence electrons. The number of benzene rings is 2. The Kier molecular flexibility index (Phi) is 6.06. The molecule has 9 heteroatoms. The van der Waals surface area contributed by atoms with Gasteiger partial charge in [0.05, 0.1) is 16.0 Å². The van der Waals surface area contributed by atoms with Crippen LogP contribution in [0.4, 0.5) is 10.1 Å². The molecule has 0 atom stereocenters. The normalized spacial score (nSPS) is 10.9. The summed E-state index contributed by atoms with van der Waals surface area (Å²) < 4.78 is 41.6. The highest BCUT2D eigenvalue weighted by Crippen LogP contribution is 2.16. The highest BCUT2D eigenvalue weighted by Gasteiger charge is 2.16. The Morgan fingerprint density at radius 3 is 2.22 bits per heavy atom. The summed E-state index contributed by atoms with van der Waals surface area (Å²) in [6, 6.07) is 8.52. The molecule has 1 amide bonds. The Bertz CT molecular complexity index is 999. The number of nitrogens with one attached hydrogen (secondary N) is 1. The Hall–Kier alpha value is -3.07. The second kappa shape index (κ2) is 8.09. The zero-order valence-electron chi connectivity index (χ0n) is 14.5. The van der Waals surface area contributed by atoms with Gasteiger partial charge in [-0.25, -0.2) is 17.6 Å². The highest BCUT2D eigenvalue weighted by molar-refractivity contribution is 7.90. The molecular weight excluding hydrogens is 377 g/mol. The first kappa shape index (κ1) is 20.2. The molecule has 7 nitrogen and oxygen atoms in total. The van der Waals surface area contributed by atoms with E-state index in [4.69, 9.17) is 4.74 Å². The monoisotopic (exact) mass is 393 g/mol. The SMILES string of the molecule is CC(=O)Nc1ccc(C(=O)COC(=O)c2ccc(S(C)(=O)=O)cc2)c(F)c1. The van der Waals surface area contributed by atoms with Crippen molar-refractivity contribution in [2.24, 2.45) is 0 Å². The lowest BCUT2D eigenvalue weighted by molar-refractivity contribution is -0.114. The number of Topliss-reactive ketones (excluding diaryl/α,β-unsaturated/α-hetero) is 1. The number of ketones is 1. The van der Waals surface area contributed by atoms with E-state index >= 15 is 0 Å². The van der Waals surface area contributed by atoms with Crippen molar-refractivity contribution in [2.75, 3.05) is 18.2 Å². The topological polar surface area (TPSA) is 107 Å². The van der Waals surface area contributed by atoms with Crippen LogP contribution in [-0.4, -0.2) is 38.9 Å². The van der Waals surface area contributed by atoms with Gasteiger partial charge in [-0.1, -0.05) is 0 Å². The van der Waals surface area contributed by atoms with Crippen LogP contribution in [0.25, 0.3) is 0 Å².